The Bertz CT molecular complexity index is 1400. The minimum absolute atomic E-state index is 0.00449. The predicted molar refractivity (Wildman–Crippen MR) is 150 cm³/mol. The van der Waals surface area contributed by atoms with Crippen molar-refractivity contribution in [1.29, 1.82) is 0 Å². The van der Waals surface area contributed by atoms with Crippen LogP contribution in [0.25, 0.3) is 11.0 Å². The first-order valence-electron chi connectivity index (χ1n) is 15.1. The SMILES string of the molecule is CC(C)(C)[C@@H]1NC(=O)O[C@@H]2CC3C[C@@H]3[C@H]2CCCCCc2nc3ccc(F)cc3nc2O[C@@H]2C[C@@H](C(=O)O)N(C2)C1=O. The molecule has 7 atom stereocenters. The molecule has 1 aromatic heterocycles. The summed E-state index contributed by atoms with van der Waals surface area (Å²) in [5, 5.41) is 12.8. The first-order valence-corrected chi connectivity index (χ1v) is 15.1. The minimum Gasteiger partial charge on any atom is -0.480 e. The van der Waals surface area contributed by atoms with Gasteiger partial charge in [-0.1, -0.05) is 33.6 Å². The lowest BCUT2D eigenvalue weighted by Gasteiger charge is -2.35. The summed E-state index contributed by atoms with van der Waals surface area (Å²) in [6.07, 6.45) is 4.90. The Kier molecular flexibility index (Phi) is 7.47. The molecule has 3 fully saturated rings. The monoisotopic (exact) mass is 582 g/mol. The molecule has 2 aliphatic carbocycles. The lowest BCUT2D eigenvalue weighted by molar-refractivity contribution is -0.150. The van der Waals surface area contributed by atoms with Crippen LogP contribution in [-0.2, 0) is 20.7 Å². The summed E-state index contributed by atoms with van der Waals surface area (Å²) >= 11 is 0. The number of fused-ring (bicyclic) bond motifs is 7. The van der Waals surface area contributed by atoms with Crippen molar-refractivity contribution < 1.29 is 33.4 Å². The Morgan fingerprint density at radius 1 is 1.05 bits per heavy atom. The van der Waals surface area contributed by atoms with Crippen molar-refractivity contribution in [2.24, 2.45) is 23.2 Å². The molecule has 2 aliphatic heterocycles. The predicted octanol–water partition coefficient (Wildman–Crippen LogP) is 4.48. The molecule has 6 rings (SSSR count). The first kappa shape index (κ1) is 28.6. The van der Waals surface area contributed by atoms with Crippen molar-refractivity contribution in [2.45, 2.75) is 96.4 Å². The second kappa shape index (κ2) is 11.0. The van der Waals surface area contributed by atoms with Crippen LogP contribution in [0.4, 0.5) is 9.18 Å². The second-order valence-corrected chi connectivity index (χ2v) is 13.5. The maximum Gasteiger partial charge on any atom is 0.408 e. The fraction of sp³-hybridized carbons (Fsp3) is 0.645. The van der Waals surface area contributed by atoms with Crippen LogP contribution in [0.5, 0.6) is 5.88 Å². The smallest absolute Gasteiger partial charge is 0.408 e. The topological polar surface area (TPSA) is 131 Å². The number of rotatable bonds is 1. The lowest BCUT2D eigenvalue weighted by Crippen LogP contribution is -2.57. The van der Waals surface area contributed by atoms with Gasteiger partial charge < -0.3 is 24.8 Å². The Hall–Kier alpha value is -3.50. The summed E-state index contributed by atoms with van der Waals surface area (Å²) < 4.78 is 26.2. The molecule has 0 spiro atoms. The molecule has 226 valence electrons. The molecule has 1 unspecified atom stereocenters. The number of aliphatic carboxylic acids is 1. The molecular formula is C31H39FN4O6. The van der Waals surface area contributed by atoms with Gasteiger partial charge in [0.15, 0.2) is 0 Å². The van der Waals surface area contributed by atoms with Crippen molar-refractivity contribution in [2.75, 3.05) is 6.54 Å². The van der Waals surface area contributed by atoms with E-state index >= 15 is 0 Å². The van der Waals surface area contributed by atoms with Gasteiger partial charge in [-0.2, -0.15) is 0 Å². The van der Waals surface area contributed by atoms with Gasteiger partial charge in [0.2, 0.25) is 11.8 Å². The van der Waals surface area contributed by atoms with E-state index in [0.717, 1.165) is 32.1 Å². The molecular weight excluding hydrogens is 543 g/mol. The Balaban J connectivity index is 1.33. The number of benzene rings is 1. The van der Waals surface area contributed by atoms with E-state index in [-0.39, 0.29) is 24.9 Å². The zero-order valence-electron chi connectivity index (χ0n) is 24.3. The number of carbonyl (C=O) groups is 3. The van der Waals surface area contributed by atoms with E-state index in [1.165, 1.54) is 23.5 Å². The molecule has 10 nitrogen and oxygen atoms in total. The average molecular weight is 583 g/mol. The summed E-state index contributed by atoms with van der Waals surface area (Å²) in [6, 6.07) is 2.08. The number of nitrogens with zero attached hydrogens (tertiary/aromatic N) is 3. The molecule has 1 aromatic carbocycles. The van der Waals surface area contributed by atoms with E-state index in [4.69, 9.17) is 14.5 Å². The van der Waals surface area contributed by atoms with E-state index in [1.54, 1.807) is 6.07 Å². The number of halogens is 1. The quantitative estimate of drug-likeness (QED) is 0.503. The number of carboxylic acids is 1. The highest BCUT2D eigenvalue weighted by molar-refractivity contribution is 5.90. The molecule has 2 N–H and O–H groups in total. The summed E-state index contributed by atoms with van der Waals surface area (Å²) in [5.74, 6) is -0.387. The van der Waals surface area contributed by atoms with Crippen LogP contribution in [-0.4, -0.2) is 68.8 Å². The number of carbonyl (C=O) groups excluding carboxylic acids is 2. The van der Waals surface area contributed by atoms with Gasteiger partial charge in [-0.15, -0.1) is 0 Å². The minimum atomic E-state index is -1.16. The highest BCUT2D eigenvalue weighted by atomic mass is 19.1. The third-order valence-electron chi connectivity index (χ3n) is 9.40. The molecule has 1 saturated heterocycles. The van der Waals surface area contributed by atoms with E-state index < -0.39 is 47.4 Å². The lowest BCUT2D eigenvalue weighted by atomic mass is 9.85. The average Bonchev–Trinajstić information content (AvgIpc) is 3.40. The zero-order valence-corrected chi connectivity index (χ0v) is 24.3. The molecule has 0 radical (unpaired) electrons. The fourth-order valence-electron chi connectivity index (χ4n) is 7.13. The Morgan fingerprint density at radius 3 is 2.62 bits per heavy atom. The van der Waals surface area contributed by atoms with E-state index in [0.29, 0.717) is 40.9 Å². The number of ether oxygens (including phenoxy) is 2. The summed E-state index contributed by atoms with van der Waals surface area (Å²) in [4.78, 5) is 50.0. The van der Waals surface area contributed by atoms with E-state index in [9.17, 15) is 23.9 Å². The number of aryl methyl sites for hydroxylation is 1. The van der Waals surface area contributed by atoms with E-state index in [2.05, 4.69) is 10.3 Å². The molecule has 11 heteroatoms. The van der Waals surface area contributed by atoms with Crippen molar-refractivity contribution >= 4 is 29.0 Å². The Morgan fingerprint density at radius 2 is 1.86 bits per heavy atom. The maximum absolute atomic E-state index is 14.0. The largest absolute Gasteiger partial charge is 0.480 e. The number of carboxylic acid groups (broad SMARTS) is 1. The van der Waals surface area contributed by atoms with Crippen molar-refractivity contribution in [3.05, 3.63) is 29.7 Å². The van der Waals surface area contributed by atoms with Crippen LogP contribution in [0.15, 0.2) is 18.2 Å². The zero-order chi connectivity index (χ0) is 29.8. The van der Waals surface area contributed by atoms with Crippen LogP contribution >= 0.6 is 0 Å². The van der Waals surface area contributed by atoms with Gasteiger partial charge in [-0.3, -0.25) is 4.79 Å². The molecule has 3 heterocycles. The number of alkyl carbamates (subject to hydrolysis) is 1. The van der Waals surface area contributed by atoms with Crippen molar-refractivity contribution in [3.63, 3.8) is 0 Å². The fourth-order valence-corrected chi connectivity index (χ4v) is 7.13. The first-order chi connectivity index (χ1) is 20.0. The third kappa shape index (κ3) is 5.74. The van der Waals surface area contributed by atoms with Gasteiger partial charge in [0.25, 0.3) is 0 Å². The number of amides is 2. The summed E-state index contributed by atoms with van der Waals surface area (Å²) in [5.41, 5.74) is 0.827. The van der Waals surface area contributed by atoms with Crippen LogP contribution in [0.3, 0.4) is 0 Å². The van der Waals surface area contributed by atoms with Crippen LogP contribution in [0.2, 0.25) is 0 Å². The highest BCUT2D eigenvalue weighted by Gasteiger charge is 2.54. The van der Waals surface area contributed by atoms with Crippen molar-refractivity contribution in [1.82, 2.24) is 20.2 Å². The standard InChI is InChI=1S/C31H39FN4O6/c1-31(2,3)26-28(37)36-15-18(14-24(36)29(38)39)41-27-22(33-21-10-9-17(32)13-23(21)34-27)8-6-4-5-7-19-20-11-16(20)12-25(19)42-30(40)35-26/h9-10,13,16,18-20,24-26H,4-8,11-12,14-15H2,1-3H3,(H,35,40)(H,38,39)/t16?,18-,19-,20+,24+,25-,26-/m1/s1. The van der Waals surface area contributed by atoms with Crippen molar-refractivity contribution in [3.8, 4) is 5.88 Å². The van der Waals surface area contributed by atoms with Gasteiger partial charge in [0.05, 0.1) is 17.6 Å². The molecule has 2 amide bonds. The van der Waals surface area contributed by atoms with E-state index in [1.807, 2.05) is 20.8 Å². The number of hydrogen-bond acceptors (Lipinski definition) is 7. The summed E-state index contributed by atoms with van der Waals surface area (Å²) in [7, 11) is 0. The van der Waals surface area contributed by atoms with Crippen LogP contribution < -0.4 is 10.1 Å². The summed E-state index contributed by atoms with van der Waals surface area (Å²) in [6.45, 7) is 5.47. The molecule has 4 aliphatic rings. The third-order valence-corrected chi connectivity index (χ3v) is 9.40. The number of nitrogens with one attached hydrogen (secondary N) is 1. The molecule has 2 aromatic rings. The molecule has 2 saturated carbocycles. The Labute approximate surface area is 244 Å². The molecule has 2 bridgehead atoms. The normalized spacial score (nSPS) is 32.0. The molecule has 42 heavy (non-hydrogen) atoms. The number of aromatic nitrogens is 2. The van der Waals surface area contributed by atoms with Crippen LogP contribution in [0.1, 0.15) is 71.4 Å². The van der Waals surface area contributed by atoms with Gasteiger partial charge in [-0.05, 0) is 67.4 Å². The van der Waals surface area contributed by atoms with Gasteiger partial charge >= 0.3 is 12.1 Å². The second-order valence-electron chi connectivity index (χ2n) is 13.5. The van der Waals surface area contributed by atoms with Gasteiger partial charge in [-0.25, -0.2) is 23.9 Å². The maximum atomic E-state index is 14.0. The van der Waals surface area contributed by atoms with Gasteiger partial charge in [0.1, 0.15) is 35.8 Å². The van der Waals surface area contributed by atoms with Crippen LogP contribution in [0, 0.1) is 29.0 Å². The highest BCUT2D eigenvalue weighted by Crippen LogP contribution is 2.57. The van der Waals surface area contributed by atoms with Gasteiger partial charge in [0, 0.05) is 12.5 Å². The number of hydrogen-bond donors (Lipinski definition) is 2.